The van der Waals surface area contributed by atoms with Crippen LogP contribution in [0.2, 0.25) is 0 Å². The van der Waals surface area contributed by atoms with Crippen LogP contribution in [0.5, 0.6) is 0 Å². The fourth-order valence-corrected chi connectivity index (χ4v) is 3.83. The zero-order chi connectivity index (χ0) is 14.8. The van der Waals surface area contributed by atoms with Gasteiger partial charge in [-0.3, -0.25) is 0 Å². The summed E-state index contributed by atoms with van der Waals surface area (Å²) in [5.41, 5.74) is 7.31. The molecule has 1 N–H and O–H groups in total. The summed E-state index contributed by atoms with van der Waals surface area (Å²) in [6, 6.07) is 16.2. The normalized spacial score (nSPS) is 19.1. The van der Waals surface area contributed by atoms with Gasteiger partial charge in [-0.05, 0) is 68.3 Å². The van der Waals surface area contributed by atoms with Gasteiger partial charge in [-0.2, -0.15) is 0 Å². The average molecular weight is 279 g/mol. The van der Waals surface area contributed by atoms with Crippen molar-refractivity contribution in [2.24, 2.45) is 5.92 Å². The first kappa shape index (κ1) is 14.3. The number of hydrogen-bond acceptors (Lipinski definition) is 1. The maximum atomic E-state index is 3.58. The van der Waals surface area contributed by atoms with Crippen molar-refractivity contribution in [3.05, 3.63) is 70.3 Å². The molecule has 2 unspecified atom stereocenters. The number of fused-ring (bicyclic) bond motifs is 1. The first-order chi connectivity index (χ1) is 10.2. The SMILES string of the molecule is CNC(c1ccc(C)cc1C)C1CCc2ccccc2C1. The summed E-state index contributed by atoms with van der Waals surface area (Å²) in [5, 5.41) is 3.58. The lowest BCUT2D eigenvalue weighted by Gasteiger charge is -2.32. The van der Waals surface area contributed by atoms with Crippen molar-refractivity contribution >= 4 is 0 Å². The monoisotopic (exact) mass is 279 g/mol. The highest BCUT2D eigenvalue weighted by molar-refractivity contribution is 5.35. The highest BCUT2D eigenvalue weighted by atomic mass is 14.9. The van der Waals surface area contributed by atoms with Crippen LogP contribution in [0.3, 0.4) is 0 Å². The molecule has 3 rings (SSSR count). The van der Waals surface area contributed by atoms with Gasteiger partial charge in [-0.15, -0.1) is 0 Å². The molecule has 0 saturated heterocycles. The van der Waals surface area contributed by atoms with Crippen LogP contribution in [-0.2, 0) is 12.8 Å². The molecule has 2 aromatic rings. The number of hydrogen-bond donors (Lipinski definition) is 1. The molecule has 0 heterocycles. The molecular formula is C20H25N. The van der Waals surface area contributed by atoms with Gasteiger partial charge in [0.25, 0.3) is 0 Å². The fraction of sp³-hybridized carbons (Fsp3) is 0.400. The third-order valence-electron chi connectivity index (χ3n) is 4.93. The van der Waals surface area contributed by atoms with E-state index in [2.05, 4.69) is 68.7 Å². The fourth-order valence-electron chi connectivity index (χ4n) is 3.83. The molecule has 1 heteroatoms. The van der Waals surface area contributed by atoms with Gasteiger partial charge in [0.05, 0.1) is 0 Å². The van der Waals surface area contributed by atoms with Gasteiger partial charge in [0, 0.05) is 6.04 Å². The summed E-state index contributed by atoms with van der Waals surface area (Å²) in [7, 11) is 2.10. The number of rotatable bonds is 3. The predicted molar refractivity (Wildman–Crippen MR) is 89.7 cm³/mol. The molecule has 0 fully saturated rings. The second-order valence-electron chi connectivity index (χ2n) is 6.40. The number of nitrogens with one attached hydrogen (secondary N) is 1. The highest BCUT2D eigenvalue weighted by Gasteiger charge is 2.27. The molecule has 1 aliphatic rings. The van der Waals surface area contributed by atoms with Gasteiger partial charge in [0.2, 0.25) is 0 Å². The van der Waals surface area contributed by atoms with Crippen molar-refractivity contribution in [3.8, 4) is 0 Å². The van der Waals surface area contributed by atoms with E-state index in [9.17, 15) is 0 Å². The Hall–Kier alpha value is -1.60. The van der Waals surface area contributed by atoms with E-state index in [4.69, 9.17) is 0 Å². The van der Waals surface area contributed by atoms with Gasteiger partial charge in [-0.1, -0.05) is 48.0 Å². The molecule has 0 aliphatic heterocycles. The van der Waals surface area contributed by atoms with Crippen molar-refractivity contribution in [3.63, 3.8) is 0 Å². The molecule has 1 aliphatic carbocycles. The molecule has 0 spiro atoms. The Morgan fingerprint density at radius 3 is 2.52 bits per heavy atom. The molecule has 2 aromatic carbocycles. The van der Waals surface area contributed by atoms with Crippen LogP contribution in [0.15, 0.2) is 42.5 Å². The van der Waals surface area contributed by atoms with E-state index < -0.39 is 0 Å². The van der Waals surface area contributed by atoms with Crippen molar-refractivity contribution in [1.82, 2.24) is 5.32 Å². The van der Waals surface area contributed by atoms with Gasteiger partial charge >= 0.3 is 0 Å². The van der Waals surface area contributed by atoms with Crippen molar-refractivity contribution < 1.29 is 0 Å². The minimum atomic E-state index is 0.457. The number of benzene rings is 2. The van der Waals surface area contributed by atoms with Crippen LogP contribution in [0, 0.1) is 19.8 Å². The molecule has 1 nitrogen and oxygen atoms in total. The van der Waals surface area contributed by atoms with Gasteiger partial charge in [0.1, 0.15) is 0 Å². The summed E-state index contributed by atoms with van der Waals surface area (Å²) < 4.78 is 0. The third kappa shape index (κ3) is 2.89. The molecule has 21 heavy (non-hydrogen) atoms. The highest BCUT2D eigenvalue weighted by Crippen LogP contribution is 2.35. The van der Waals surface area contributed by atoms with Crippen molar-refractivity contribution in [2.45, 2.75) is 39.2 Å². The van der Waals surface area contributed by atoms with E-state index in [0.29, 0.717) is 12.0 Å². The summed E-state index contributed by atoms with van der Waals surface area (Å²) in [5.74, 6) is 0.686. The van der Waals surface area contributed by atoms with E-state index in [1.807, 2.05) is 0 Å². The summed E-state index contributed by atoms with van der Waals surface area (Å²) >= 11 is 0. The van der Waals surface area contributed by atoms with E-state index in [1.54, 1.807) is 11.1 Å². The maximum absolute atomic E-state index is 3.58. The van der Waals surface area contributed by atoms with E-state index >= 15 is 0 Å². The van der Waals surface area contributed by atoms with Crippen LogP contribution < -0.4 is 5.32 Å². The summed E-state index contributed by atoms with van der Waals surface area (Å²) in [4.78, 5) is 0. The van der Waals surface area contributed by atoms with Crippen LogP contribution >= 0.6 is 0 Å². The zero-order valence-electron chi connectivity index (χ0n) is 13.3. The summed E-state index contributed by atoms with van der Waals surface area (Å²) in [6.45, 7) is 4.41. The summed E-state index contributed by atoms with van der Waals surface area (Å²) in [6.07, 6.45) is 3.68. The Balaban J connectivity index is 1.88. The lowest BCUT2D eigenvalue weighted by molar-refractivity contribution is 0.341. The smallest absolute Gasteiger partial charge is 0.0352 e. The Morgan fingerprint density at radius 2 is 1.81 bits per heavy atom. The average Bonchev–Trinajstić information content (AvgIpc) is 2.50. The lowest BCUT2D eigenvalue weighted by atomic mass is 9.77. The molecule has 0 saturated carbocycles. The standard InChI is InChI=1S/C20H25N/c1-14-8-11-19(15(2)12-14)20(21-3)18-10-9-16-6-4-5-7-17(16)13-18/h4-8,11-12,18,20-21H,9-10,13H2,1-3H3. The van der Waals surface area contributed by atoms with Crippen LogP contribution in [-0.4, -0.2) is 7.05 Å². The first-order valence-corrected chi connectivity index (χ1v) is 8.00. The molecule has 0 aromatic heterocycles. The molecular weight excluding hydrogens is 254 g/mol. The van der Waals surface area contributed by atoms with E-state index in [1.165, 1.54) is 36.0 Å². The second kappa shape index (κ2) is 6.03. The zero-order valence-corrected chi connectivity index (χ0v) is 13.3. The number of aryl methyl sites for hydroxylation is 3. The van der Waals surface area contributed by atoms with Gasteiger partial charge < -0.3 is 5.32 Å². The molecule has 0 amide bonds. The quantitative estimate of drug-likeness (QED) is 0.879. The molecule has 110 valence electrons. The Kier molecular flexibility index (Phi) is 4.12. The van der Waals surface area contributed by atoms with Gasteiger partial charge in [0.15, 0.2) is 0 Å². The van der Waals surface area contributed by atoms with Crippen LogP contribution in [0.4, 0.5) is 0 Å². The largest absolute Gasteiger partial charge is 0.313 e. The maximum Gasteiger partial charge on any atom is 0.0352 e. The molecule has 2 atom stereocenters. The Bertz CT molecular complexity index is 629. The van der Waals surface area contributed by atoms with Crippen LogP contribution in [0.1, 0.15) is 40.3 Å². The minimum absolute atomic E-state index is 0.457. The second-order valence-corrected chi connectivity index (χ2v) is 6.40. The first-order valence-electron chi connectivity index (χ1n) is 8.00. The van der Waals surface area contributed by atoms with E-state index in [0.717, 1.165) is 0 Å². The predicted octanol–water partition coefficient (Wildman–Crippen LogP) is 4.37. The topological polar surface area (TPSA) is 12.0 Å². The van der Waals surface area contributed by atoms with Crippen LogP contribution in [0.25, 0.3) is 0 Å². The van der Waals surface area contributed by atoms with Gasteiger partial charge in [-0.25, -0.2) is 0 Å². The minimum Gasteiger partial charge on any atom is -0.313 e. The Labute approximate surface area is 128 Å². The van der Waals surface area contributed by atoms with Crippen molar-refractivity contribution in [2.75, 3.05) is 7.05 Å². The third-order valence-corrected chi connectivity index (χ3v) is 4.93. The lowest BCUT2D eigenvalue weighted by Crippen LogP contribution is -2.30. The molecule has 0 radical (unpaired) electrons. The van der Waals surface area contributed by atoms with Crippen molar-refractivity contribution in [1.29, 1.82) is 0 Å². The van der Waals surface area contributed by atoms with E-state index in [-0.39, 0.29) is 0 Å². The Morgan fingerprint density at radius 1 is 1.05 bits per heavy atom. The molecule has 0 bridgehead atoms.